The highest BCUT2D eigenvalue weighted by Crippen LogP contribution is 2.37. The van der Waals surface area contributed by atoms with Crippen molar-refractivity contribution in [2.24, 2.45) is 5.73 Å². The molecule has 0 aliphatic carbocycles. The molecule has 0 saturated heterocycles. The van der Waals surface area contributed by atoms with Gasteiger partial charge in [0.2, 0.25) is 6.79 Å². The van der Waals surface area contributed by atoms with Crippen LogP contribution in [0, 0.1) is 0 Å². The van der Waals surface area contributed by atoms with Gasteiger partial charge in [-0.1, -0.05) is 12.1 Å². The zero-order chi connectivity index (χ0) is 16.2. The number of ether oxygens (including phenoxy) is 4. The second kappa shape index (κ2) is 6.52. The van der Waals surface area contributed by atoms with Crippen molar-refractivity contribution in [3.63, 3.8) is 0 Å². The van der Waals surface area contributed by atoms with E-state index in [1.54, 1.807) is 13.3 Å². The van der Waals surface area contributed by atoms with Crippen molar-refractivity contribution < 1.29 is 18.9 Å². The van der Waals surface area contributed by atoms with Crippen LogP contribution in [0.5, 0.6) is 23.0 Å². The fourth-order valence-electron chi connectivity index (χ4n) is 2.54. The smallest absolute Gasteiger partial charge is 0.231 e. The Balaban J connectivity index is 1.99. The van der Waals surface area contributed by atoms with E-state index < -0.39 is 0 Å². The number of methoxy groups -OCH3 is 1. The normalized spacial score (nSPS) is 13.0. The van der Waals surface area contributed by atoms with Crippen LogP contribution in [0.2, 0.25) is 0 Å². The number of fused-ring (bicyclic) bond motifs is 1. The Hall–Kier alpha value is -2.82. The molecular weight excluding hydrogens is 294 g/mol. The van der Waals surface area contributed by atoms with Crippen LogP contribution in [-0.2, 0) is 0 Å². The maximum atomic E-state index is 5.87. The molecule has 0 atom stereocenters. The summed E-state index contributed by atoms with van der Waals surface area (Å²) in [6.45, 7) is 2.74. The summed E-state index contributed by atoms with van der Waals surface area (Å²) >= 11 is 0. The van der Waals surface area contributed by atoms with E-state index in [2.05, 4.69) is 0 Å². The van der Waals surface area contributed by atoms with Gasteiger partial charge in [0.1, 0.15) is 0 Å². The second-order valence-corrected chi connectivity index (χ2v) is 4.95. The van der Waals surface area contributed by atoms with Crippen molar-refractivity contribution >= 4 is 5.57 Å². The molecular formula is C18H19NO4. The lowest BCUT2D eigenvalue weighted by atomic mass is 9.98. The molecule has 2 aromatic carbocycles. The molecule has 0 radical (unpaired) electrons. The van der Waals surface area contributed by atoms with Crippen molar-refractivity contribution in [1.29, 1.82) is 0 Å². The SMILES string of the molecule is CCOc1cc(C(=CN)c2ccc3c(c2)OCO3)ccc1OC. The summed E-state index contributed by atoms with van der Waals surface area (Å²) in [6.07, 6.45) is 1.58. The first-order chi connectivity index (χ1) is 11.3. The lowest BCUT2D eigenvalue weighted by Gasteiger charge is -2.13. The molecule has 3 rings (SSSR count). The Kier molecular flexibility index (Phi) is 4.28. The Morgan fingerprint density at radius 2 is 1.83 bits per heavy atom. The average molecular weight is 313 g/mol. The summed E-state index contributed by atoms with van der Waals surface area (Å²) in [5.41, 5.74) is 8.64. The van der Waals surface area contributed by atoms with E-state index in [-0.39, 0.29) is 6.79 Å². The Labute approximate surface area is 135 Å². The van der Waals surface area contributed by atoms with Crippen molar-refractivity contribution in [3.8, 4) is 23.0 Å². The average Bonchev–Trinajstić information content (AvgIpc) is 3.04. The van der Waals surface area contributed by atoms with Crippen LogP contribution >= 0.6 is 0 Å². The van der Waals surface area contributed by atoms with Gasteiger partial charge in [0, 0.05) is 11.8 Å². The molecule has 0 unspecified atom stereocenters. The van der Waals surface area contributed by atoms with E-state index in [9.17, 15) is 0 Å². The van der Waals surface area contributed by atoms with E-state index >= 15 is 0 Å². The first-order valence-corrected chi connectivity index (χ1v) is 7.40. The second-order valence-electron chi connectivity index (χ2n) is 4.95. The minimum atomic E-state index is 0.248. The molecule has 1 aliphatic rings. The minimum Gasteiger partial charge on any atom is -0.493 e. The van der Waals surface area contributed by atoms with Gasteiger partial charge in [0.05, 0.1) is 13.7 Å². The van der Waals surface area contributed by atoms with Crippen LogP contribution < -0.4 is 24.7 Å². The van der Waals surface area contributed by atoms with Crippen molar-refractivity contribution in [2.45, 2.75) is 6.92 Å². The monoisotopic (exact) mass is 313 g/mol. The minimum absolute atomic E-state index is 0.248. The van der Waals surface area contributed by atoms with Crippen LogP contribution in [0.3, 0.4) is 0 Å². The fraction of sp³-hybridized carbons (Fsp3) is 0.222. The van der Waals surface area contributed by atoms with Gasteiger partial charge in [-0.3, -0.25) is 0 Å². The first kappa shape index (κ1) is 15.1. The molecule has 5 nitrogen and oxygen atoms in total. The Morgan fingerprint density at radius 3 is 2.57 bits per heavy atom. The molecule has 2 N–H and O–H groups in total. The molecule has 1 aliphatic heterocycles. The molecule has 120 valence electrons. The van der Waals surface area contributed by atoms with Gasteiger partial charge in [-0.25, -0.2) is 0 Å². The molecule has 5 heteroatoms. The van der Waals surface area contributed by atoms with Crippen molar-refractivity contribution in [3.05, 3.63) is 53.7 Å². The van der Waals surface area contributed by atoms with Gasteiger partial charge in [0.15, 0.2) is 23.0 Å². The molecule has 2 aromatic rings. The molecule has 23 heavy (non-hydrogen) atoms. The Bertz CT molecular complexity index is 740. The summed E-state index contributed by atoms with van der Waals surface area (Å²) < 4.78 is 21.7. The van der Waals surface area contributed by atoms with Gasteiger partial charge in [0.25, 0.3) is 0 Å². The summed E-state index contributed by atoms with van der Waals surface area (Å²) in [7, 11) is 1.62. The number of rotatable bonds is 5. The molecule has 0 fully saturated rings. The predicted molar refractivity (Wildman–Crippen MR) is 88.0 cm³/mol. The lowest BCUT2D eigenvalue weighted by molar-refractivity contribution is 0.174. The molecule has 0 aromatic heterocycles. The first-order valence-electron chi connectivity index (χ1n) is 7.40. The van der Waals surface area contributed by atoms with Crippen LogP contribution in [0.15, 0.2) is 42.6 Å². The Morgan fingerprint density at radius 1 is 1.09 bits per heavy atom. The van der Waals surface area contributed by atoms with E-state index in [0.29, 0.717) is 18.1 Å². The van der Waals surface area contributed by atoms with Gasteiger partial charge in [-0.05, 0) is 42.3 Å². The number of nitrogens with two attached hydrogens (primary N) is 1. The maximum absolute atomic E-state index is 5.87. The highest BCUT2D eigenvalue weighted by atomic mass is 16.7. The molecule has 0 spiro atoms. The summed E-state index contributed by atoms with van der Waals surface area (Å²) in [5, 5.41) is 0. The third-order valence-electron chi connectivity index (χ3n) is 3.62. The molecule has 1 heterocycles. The van der Waals surface area contributed by atoms with E-state index in [0.717, 1.165) is 28.2 Å². The van der Waals surface area contributed by atoms with E-state index in [1.165, 1.54) is 0 Å². The fourth-order valence-corrected chi connectivity index (χ4v) is 2.54. The summed E-state index contributed by atoms with van der Waals surface area (Å²) in [5.74, 6) is 2.85. The molecule has 0 bridgehead atoms. The highest BCUT2D eigenvalue weighted by Gasteiger charge is 2.16. The zero-order valence-electron chi connectivity index (χ0n) is 13.2. The lowest BCUT2D eigenvalue weighted by Crippen LogP contribution is -1.98. The van der Waals surface area contributed by atoms with Crippen molar-refractivity contribution in [1.82, 2.24) is 0 Å². The highest BCUT2D eigenvalue weighted by molar-refractivity contribution is 5.81. The number of benzene rings is 2. The van der Waals surface area contributed by atoms with Crippen LogP contribution in [0.25, 0.3) is 5.57 Å². The largest absolute Gasteiger partial charge is 0.493 e. The quantitative estimate of drug-likeness (QED) is 0.918. The van der Waals surface area contributed by atoms with Gasteiger partial charge < -0.3 is 24.7 Å². The number of hydrogen-bond donors (Lipinski definition) is 1. The van der Waals surface area contributed by atoms with E-state index in [4.69, 9.17) is 24.7 Å². The predicted octanol–water partition coefficient (Wildman–Crippen LogP) is 3.17. The zero-order valence-corrected chi connectivity index (χ0v) is 13.2. The van der Waals surface area contributed by atoms with Crippen LogP contribution in [0.1, 0.15) is 18.1 Å². The van der Waals surface area contributed by atoms with E-state index in [1.807, 2.05) is 43.3 Å². The van der Waals surface area contributed by atoms with Gasteiger partial charge >= 0.3 is 0 Å². The third kappa shape index (κ3) is 2.90. The molecule has 0 saturated carbocycles. The summed E-state index contributed by atoms with van der Waals surface area (Å²) in [4.78, 5) is 0. The molecule has 0 amide bonds. The maximum Gasteiger partial charge on any atom is 0.231 e. The summed E-state index contributed by atoms with van der Waals surface area (Å²) in [6, 6.07) is 11.5. The van der Waals surface area contributed by atoms with Gasteiger partial charge in [-0.15, -0.1) is 0 Å². The van der Waals surface area contributed by atoms with Crippen molar-refractivity contribution in [2.75, 3.05) is 20.5 Å². The van der Waals surface area contributed by atoms with Crippen LogP contribution in [-0.4, -0.2) is 20.5 Å². The number of hydrogen-bond acceptors (Lipinski definition) is 5. The standard InChI is InChI=1S/C18H19NO4/c1-3-21-17-8-12(4-6-15(17)20-2)14(10-19)13-5-7-16-18(9-13)23-11-22-16/h4-10H,3,11,19H2,1-2H3. The van der Waals surface area contributed by atoms with Crippen LogP contribution in [0.4, 0.5) is 0 Å². The third-order valence-corrected chi connectivity index (χ3v) is 3.62. The van der Waals surface area contributed by atoms with Gasteiger partial charge in [-0.2, -0.15) is 0 Å². The topological polar surface area (TPSA) is 62.9 Å².